The van der Waals surface area contributed by atoms with Gasteiger partial charge in [0.15, 0.2) is 0 Å². The van der Waals surface area contributed by atoms with Crippen LogP contribution in [0, 0.1) is 0 Å². The van der Waals surface area contributed by atoms with E-state index in [0.29, 0.717) is 0 Å². The van der Waals surface area contributed by atoms with E-state index in [-0.39, 0.29) is 0 Å². The van der Waals surface area contributed by atoms with E-state index in [1.165, 1.54) is 18.3 Å². The van der Waals surface area contributed by atoms with Gasteiger partial charge in [-0.25, -0.2) is 0 Å². The third-order valence-electron chi connectivity index (χ3n) is 0. The van der Waals surface area contributed by atoms with Crippen LogP contribution in [0.15, 0.2) is 0 Å². The summed E-state index contributed by atoms with van der Waals surface area (Å²) in [4.78, 5) is 0. The molecule has 0 rings (SSSR count). The summed E-state index contributed by atoms with van der Waals surface area (Å²) in [5.41, 5.74) is 1.38. The summed E-state index contributed by atoms with van der Waals surface area (Å²) in [6, 6.07) is 0. The Hall–Kier alpha value is 0.583. The fraction of sp³-hybridized carbons (Fsp3) is 1.00. The SMILES string of the molecule is CC(C)(C)[O-].[CH3][Zn+]. The summed E-state index contributed by atoms with van der Waals surface area (Å²) < 4.78 is 0. The first-order chi connectivity index (χ1) is 3.00. The van der Waals surface area contributed by atoms with Crippen LogP contribution in [0.3, 0.4) is 0 Å². The second kappa shape index (κ2) is 4.74. The molecule has 0 aliphatic heterocycles. The van der Waals surface area contributed by atoms with E-state index in [1.807, 2.05) is 0 Å². The molecule has 0 spiro atoms. The summed E-state index contributed by atoms with van der Waals surface area (Å²) in [6.45, 7) is 4.90. The molecule has 0 aliphatic rings. The van der Waals surface area contributed by atoms with E-state index in [4.69, 9.17) is 0 Å². The topological polar surface area (TPSA) is 23.1 Å². The molecule has 0 unspecified atom stereocenters. The van der Waals surface area contributed by atoms with Crippen LogP contribution in [0.2, 0.25) is 5.52 Å². The molecule has 0 aliphatic carbocycles. The second-order valence-corrected chi connectivity index (χ2v) is 2.11. The zero-order valence-electron chi connectivity index (χ0n) is 5.62. The minimum atomic E-state index is -0.750. The first-order valence-corrected chi connectivity index (χ1v) is 5.38. The standard InChI is InChI=1S/C4H9O.CH3.Zn/c1-4(2,3)5;;/h1-3H3;1H3;/q-1;;+1. The molecular weight excluding hydrogens is 141 g/mol. The Labute approximate surface area is 55.8 Å². The molecule has 0 radical (unpaired) electrons. The average molecular weight is 154 g/mol. The molecule has 1 nitrogen and oxygen atoms in total. The number of rotatable bonds is 0. The van der Waals surface area contributed by atoms with Crippen molar-refractivity contribution in [2.75, 3.05) is 0 Å². The van der Waals surface area contributed by atoms with Gasteiger partial charge in [0, 0.05) is 0 Å². The van der Waals surface area contributed by atoms with E-state index in [1.54, 1.807) is 20.8 Å². The van der Waals surface area contributed by atoms with Gasteiger partial charge < -0.3 is 5.11 Å². The van der Waals surface area contributed by atoms with Gasteiger partial charge in [0.05, 0.1) is 0 Å². The Bertz CT molecular complexity index is 23.6. The fourth-order valence-corrected chi connectivity index (χ4v) is 0. The maximum absolute atomic E-state index is 10.1. The van der Waals surface area contributed by atoms with Crippen molar-refractivity contribution in [2.24, 2.45) is 0 Å². The van der Waals surface area contributed by atoms with Crippen molar-refractivity contribution >= 4 is 0 Å². The monoisotopic (exact) mass is 152 g/mol. The molecule has 0 heterocycles. The molecule has 0 amide bonds. The molecule has 0 bridgehead atoms. The summed E-state index contributed by atoms with van der Waals surface area (Å²) in [7, 11) is 0. The molecule has 0 aromatic heterocycles. The van der Waals surface area contributed by atoms with Gasteiger partial charge in [-0.05, 0) is 0 Å². The van der Waals surface area contributed by atoms with Gasteiger partial charge in [0.25, 0.3) is 0 Å². The number of hydrogen-bond donors (Lipinski definition) is 0. The van der Waals surface area contributed by atoms with Crippen LogP contribution in [0.25, 0.3) is 0 Å². The zero-order chi connectivity index (χ0) is 6.50. The quantitative estimate of drug-likeness (QED) is 0.471. The molecule has 0 aromatic carbocycles. The molecule has 0 saturated carbocycles. The van der Waals surface area contributed by atoms with Crippen LogP contribution in [0.4, 0.5) is 0 Å². The summed E-state index contributed by atoms with van der Waals surface area (Å²) in [5.74, 6) is 0. The Balaban J connectivity index is 0. The normalized spacial score (nSPS) is 9.57. The average Bonchev–Trinajstić information content (AvgIpc) is 1.36. The predicted octanol–water partition coefficient (Wildman–Crippen LogP) is 0.727. The van der Waals surface area contributed by atoms with E-state index in [2.05, 4.69) is 5.52 Å². The summed E-state index contributed by atoms with van der Waals surface area (Å²) in [6.07, 6.45) is 0. The van der Waals surface area contributed by atoms with Gasteiger partial charge in [-0.1, -0.05) is 20.8 Å². The van der Waals surface area contributed by atoms with Crippen LogP contribution in [0.5, 0.6) is 0 Å². The maximum atomic E-state index is 10.1. The van der Waals surface area contributed by atoms with Crippen molar-refractivity contribution < 1.29 is 23.4 Å². The minimum absolute atomic E-state index is 0.750. The van der Waals surface area contributed by atoms with Crippen LogP contribution < -0.4 is 5.11 Å². The Morgan fingerprint density at radius 3 is 1.14 bits per heavy atom. The fourth-order valence-electron chi connectivity index (χ4n) is 0. The van der Waals surface area contributed by atoms with Gasteiger partial charge in [0.1, 0.15) is 0 Å². The van der Waals surface area contributed by atoms with Gasteiger partial charge in [-0.2, -0.15) is 0 Å². The molecule has 0 aromatic rings. The zero-order valence-corrected chi connectivity index (χ0v) is 8.58. The Morgan fingerprint density at radius 1 is 1.14 bits per heavy atom. The number of hydrogen-bond acceptors (Lipinski definition) is 1. The Morgan fingerprint density at radius 2 is 1.14 bits per heavy atom. The first kappa shape index (κ1) is 10.5. The van der Waals surface area contributed by atoms with E-state index < -0.39 is 5.60 Å². The van der Waals surface area contributed by atoms with E-state index in [9.17, 15) is 5.11 Å². The summed E-state index contributed by atoms with van der Waals surface area (Å²) >= 11 is 1.38. The van der Waals surface area contributed by atoms with E-state index >= 15 is 0 Å². The van der Waals surface area contributed by atoms with Crippen molar-refractivity contribution in [2.45, 2.75) is 31.9 Å². The van der Waals surface area contributed by atoms with Gasteiger partial charge >= 0.3 is 23.8 Å². The Kier molecular flexibility index (Phi) is 7.13. The summed E-state index contributed by atoms with van der Waals surface area (Å²) in [5, 5.41) is 10.1. The molecule has 0 saturated heterocycles. The van der Waals surface area contributed by atoms with Crippen LogP contribution >= 0.6 is 0 Å². The van der Waals surface area contributed by atoms with Crippen molar-refractivity contribution in [1.29, 1.82) is 0 Å². The molecule has 0 atom stereocenters. The molecule has 7 heavy (non-hydrogen) atoms. The first-order valence-electron chi connectivity index (χ1n) is 2.41. The predicted molar refractivity (Wildman–Crippen MR) is 25.6 cm³/mol. The molecular formula is C5H12OZn. The van der Waals surface area contributed by atoms with Crippen molar-refractivity contribution in [1.82, 2.24) is 0 Å². The molecule has 0 N–H and O–H groups in total. The molecule has 40 valence electrons. The van der Waals surface area contributed by atoms with E-state index in [0.717, 1.165) is 0 Å². The van der Waals surface area contributed by atoms with Crippen LogP contribution in [-0.2, 0) is 18.3 Å². The van der Waals surface area contributed by atoms with Gasteiger partial charge in [-0.3, -0.25) is 0 Å². The van der Waals surface area contributed by atoms with Crippen LogP contribution in [0.1, 0.15) is 20.8 Å². The van der Waals surface area contributed by atoms with Crippen molar-refractivity contribution in [3.05, 3.63) is 0 Å². The van der Waals surface area contributed by atoms with Crippen LogP contribution in [-0.4, -0.2) is 5.60 Å². The molecule has 2 heteroatoms. The second-order valence-electron chi connectivity index (χ2n) is 2.11. The van der Waals surface area contributed by atoms with Gasteiger partial charge in [0.2, 0.25) is 0 Å². The van der Waals surface area contributed by atoms with Crippen molar-refractivity contribution in [3.8, 4) is 0 Å². The van der Waals surface area contributed by atoms with Gasteiger partial charge in [-0.15, -0.1) is 5.60 Å². The third-order valence-corrected chi connectivity index (χ3v) is 0. The van der Waals surface area contributed by atoms with Crippen molar-refractivity contribution in [3.63, 3.8) is 0 Å². The third kappa shape index (κ3) is 406. The molecule has 0 fully saturated rings.